The van der Waals surface area contributed by atoms with E-state index in [-0.39, 0.29) is 6.10 Å². The number of aliphatic hydroxyl groups excluding tert-OH is 1. The topological polar surface area (TPSA) is 26.7 Å². The fourth-order valence-corrected chi connectivity index (χ4v) is 2.08. The van der Waals surface area contributed by atoms with Gasteiger partial charge in [0.1, 0.15) is 0 Å². The zero-order chi connectivity index (χ0) is 13.5. The first kappa shape index (κ1) is 15.0. The molecule has 0 radical (unpaired) electrons. The number of rotatable bonds is 7. The molecule has 1 atom stereocenters. The van der Waals surface area contributed by atoms with Crippen LogP contribution in [0.25, 0.3) is 0 Å². The van der Waals surface area contributed by atoms with E-state index >= 15 is 0 Å². The highest BCUT2D eigenvalue weighted by atomic mass is 16.3. The van der Waals surface area contributed by atoms with Crippen LogP contribution >= 0.6 is 0 Å². The van der Waals surface area contributed by atoms with Gasteiger partial charge in [-0.05, 0) is 39.5 Å². The molecule has 3 heteroatoms. The van der Waals surface area contributed by atoms with Gasteiger partial charge in [-0.15, -0.1) is 0 Å². The third-order valence-electron chi connectivity index (χ3n) is 3.19. The van der Waals surface area contributed by atoms with Gasteiger partial charge in [-0.3, -0.25) is 0 Å². The predicted molar refractivity (Wildman–Crippen MR) is 78.1 cm³/mol. The van der Waals surface area contributed by atoms with E-state index in [0.29, 0.717) is 0 Å². The number of hydrogen-bond acceptors (Lipinski definition) is 3. The lowest BCUT2D eigenvalue weighted by Crippen LogP contribution is -2.24. The Hall–Kier alpha value is -1.06. The first-order valence-corrected chi connectivity index (χ1v) is 6.69. The van der Waals surface area contributed by atoms with Gasteiger partial charge in [-0.25, -0.2) is 0 Å². The number of hydrogen-bond donors (Lipinski definition) is 1. The third kappa shape index (κ3) is 4.31. The summed E-state index contributed by atoms with van der Waals surface area (Å²) in [5, 5.41) is 10.0. The Balaban J connectivity index is 2.69. The van der Waals surface area contributed by atoms with Gasteiger partial charge in [-0.1, -0.05) is 25.1 Å². The molecule has 0 fully saturated rings. The minimum Gasteiger partial charge on any atom is -0.388 e. The minimum absolute atomic E-state index is 0.363. The van der Waals surface area contributed by atoms with Crippen molar-refractivity contribution >= 4 is 5.69 Å². The van der Waals surface area contributed by atoms with Crippen LogP contribution in [0.15, 0.2) is 24.3 Å². The molecule has 0 aliphatic rings. The number of benzene rings is 1. The van der Waals surface area contributed by atoms with Crippen LogP contribution in [0.4, 0.5) is 5.69 Å². The van der Waals surface area contributed by atoms with Crippen LogP contribution < -0.4 is 4.90 Å². The normalized spacial score (nSPS) is 12.8. The van der Waals surface area contributed by atoms with Crippen LogP contribution in [0.2, 0.25) is 0 Å². The molecule has 1 aromatic rings. The van der Waals surface area contributed by atoms with Crippen LogP contribution in [0, 0.1) is 0 Å². The molecule has 3 nitrogen and oxygen atoms in total. The van der Waals surface area contributed by atoms with Crippen molar-refractivity contribution in [2.45, 2.75) is 25.9 Å². The standard InChI is InChI=1S/C15H26N2O/c1-5-15(18)13-9-6-7-10-14(13)17(4)12-8-11-16(2)3/h6-7,9-10,15,18H,5,8,11-12H2,1-4H3/t15-/m0/s1. The van der Waals surface area contributed by atoms with Crippen molar-refractivity contribution < 1.29 is 5.11 Å². The first-order chi connectivity index (χ1) is 8.56. The molecule has 0 saturated carbocycles. The monoisotopic (exact) mass is 250 g/mol. The molecule has 102 valence electrons. The van der Waals surface area contributed by atoms with Gasteiger partial charge in [0.05, 0.1) is 6.10 Å². The number of nitrogens with zero attached hydrogens (tertiary/aromatic N) is 2. The summed E-state index contributed by atoms with van der Waals surface area (Å²) in [7, 11) is 6.28. The molecule has 1 aromatic carbocycles. The molecule has 0 bridgehead atoms. The van der Waals surface area contributed by atoms with Crippen LogP contribution in [0.5, 0.6) is 0 Å². The van der Waals surface area contributed by atoms with Crippen molar-refractivity contribution in [1.82, 2.24) is 4.90 Å². The molecule has 0 heterocycles. The van der Waals surface area contributed by atoms with Crippen molar-refractivity contribution in [2.75, 3.05) is 39.1 Å². The fourth-order valence-electron chi connectivity index (χ4n) is 2.08. The van der Waals surface area contributed by atoms with Crippen molar-refractivity contribution in [3.63, 3.8) is 0 Å². The van der Waals surface area contributed by atoms with Crippen molar-refractivity contribution in [1.29, 1.82) is 0 Å². The Morgan fingerprint density at radius 2 is 1.78 bits per heavy atom. The summed E-state index contributed by atoms with van der Waals surface area (Å²) in [4.78, 5) is 4.43. The predicted octanol–water partition coefficient (Wildman–Crippen LogP) is 2.52. The van der Waals surface area contributed by atoms with E-state index in [1.54, 1.807) is 0 Å². The number of aliphatic hydroxyl groups is 1. The van der Waals surface area contributed by atoms with Gasteiger partial charge in [0.25, 0.3) is 0 Å². The smallest absolute Gasteiger partial charge is 0.0807 e. The summed E-state index contributed by atoms with van der Waals surface area (Å²) in [5.74, 6) is 0. The van der Waals surface area contributed by atoms with E-state index in [1.165, 1.54) is 0 Å². The maximum Gasteiger partial charge on any atom is 0.0807 e. The molecule has 1 N–H and O–H groups in total. The summed E-state index contributed by atoms with van der Waals surface area (Å²) in [6.45, 7) is 4.10. The van der Waals surface area contributed by atoms with Crippen LogP contribution in [0.3, 0.4) is 0 Å². The summed E-state index contributed by atoms with van der Waals surface area (Å²) in [5.41, 5.74) is 2.18. The second-order valence-electron chi connectivity index (χ2n) is 5.06. The molecule has 0 aliphatic heterocycles. The van der Waals surface area contributed by atoms with Crippen molar-refractivity contribution in [3.05, 3.63) is 29.8 Å². The molecule has 0 unspecified atom stereocenters. The molecular weight excluding hydrogens is 224 g/mol. The van der Waals surface area contributed by atoms with Crippen LogP contribution in [-0.4, -0.2) is 44.2 Å². The van der Waals surface area contributed by atoms with Crippen molar-refractivity contribution in [3.8, 4) is 0 Å². The van der Waals surface area contributed by atoms with Gasteiger partial charge >= 0.3 is 0 Å². The summed E-state index contributed by atoms with van der Waals surface area (Å²) in [6, 6.07) is 8.13. The summed E-state index contributed by atoms with van der Waals surface area (Å²) < 4.78 is 0. The number of anilines is 1. The van der Waals surface area contributed by atoms with Crippen molar-refractivity contribution in [2.24, 2.45) is 0 Å². The van der Waals surface area contributed by atoms with Gasteiger partial charge in [-0.2, -0.15) is 0 Å². The second-order valence-corrected chi connectivity index (χ2v) is 5.06. The van der Waals surface area contributed by atoms with E-state index < -0.39 is 0 Å². The molecule has 0 saturated heterocycles. The van der Waals surface area contributed by atoms with Crippen LogP contribution in [0.1, 0.15) is 31.4 Å². The Morgan fingerprint density at radius 3 is 2.39 bits per heavy atom. The summed E-state index contributed by atoms with van der Waals surface area (Å²) >= 11 is 0. The second kappa shape index (κ2) is 7.39. The molecule has 18 heavy (non-hydrogen) atoms. The molecule has 0 spiro atoms. The lowest BCUT2D eigenvalue weighted by Gasteiger charge is -2.25. The average Bonchev–Trinajstić information content (AvgIpc) is 2.37. The third-order valence-corrected chi connectivity index (χ3v) is 3.19. The van der Waals surface area contributed by atoms with E-state index in [0.717, 1.165) is 37.2 Å². The SMILES string of the molecule is CC[C@H](O)c1ccccc1N(C)CCCN(C)C. The highest BCUT2D eigenvalue weighted by Crippen LogP contribution is 2.27. The molecule has 1 rings (SSSR count). The Morgan fingerprint density at radius 1 is 1.11 bits per heavy atom. The quantitative estimate of drug-likeness (QED) is 0.805. The zero-order valence-electron chi connectivity index (χ0n) is 12.1. The first-order valence-electron chi connectivity index (χ1n) is 6.69. The van der Waals surface area contributed by atoms with Crippen LogP contribution in [-0.2, 0) is 0 Å². The number of para-hydroxylation sites is 1. The lowest BCUT2D eigenvalue weighted by atomic mass is 10.0. The largest absolute Gasteiger partial charge is 0.388 e. The average molecular weight is 250 g/mol. The minimum atomic E-state index is -0.363. The Kier molecular flexibility index (Phi) is 6.16. The lowest BCUT2D eigenvalue weighted by molar-refractivity contribution is 0.174. The Labute approximate surface area is 111 Å². The fraction of sp³-hybridized carbons (Fsp3) is 0.600. The van der Waals surface area contributed by atoms with Gasteiger partial charge < -0.3 is 14.9 Å². The van der Waals surface area contributed by atoms with E-state index in [2.05, 4.69) is 37.0 Å². The maximum absolute atomic E-state index is 10.0. The molecular formula is C15H26N2O. The van der Waals surface area contributed by atoms with E-state index in [4.69, 9.17) is 0 Å². The Bertz CT molecular complexity index is 352. The molecule has 0 amide bonds. The molecule has 0 aromatic heterocycles. The van der Waals surface area contributed by atoms with E-state index in [9.17, 15) is 5.11 Å². The maximum atomic E-state index is 10.0. The van der Waals surface area contributed by atoms with Gasteiger partial charge in [0.2, 0.25) is 0 Å². The van der Waals surface area contributed by atoms with Gasteiger partial charge in [0.15, 0.2) is 0 Å². The highest BCUT2D eigenvalue weighted by molar-refractivity contribution is 5.54. The van der Waals surface area contributed by atoms with Gasteiger partial charge in [0, 0.05) is 24.8 Å². The van der Waals surface area contributed by atoms with E-state index in [1.807, 2.05) is 25.1 Å². The zero-order valence-corrected chi connectivity index (χ0v) is 12.1. The highest BCUT2D eigenvalue weighted by Gasteiger charge is 2.12. The molecule has 0 aliphatic carbocycles. The summed E-state index contributed by atoms with van der Waals surface area (Å²) in [6.07, 6.45) is 1.51.